The van der Waals surface area contributed by atoms with Crippen LogP contribution in [0.15, 0.2) is 36.4 Å². The molecule has 2 aliphatic heterocycles. The second-order valence-corrected chi connectivity index (χ2v) is 7.86. The van der Waals surface area contributed by atoms with Crippen LogP contribution in [-0.4, -0.2) is 76.4 Å². The molecule has 8 heteroatoms. The van der Waals surface area contributed by atoms with Gasteiger partial charge in [0.1, 0.15) is 24.7 Å². The van der Waals surface area contributed by atoms with Crippen molar-refractivity contribution in [1.29, 1.82) is 0 Å². The molecule has 2 aliphatic rings. The fraction of sp³-hybridized carbons (Fsp3) is 0.400. The molecule has 0 spiro atoms. The minimum Gasteiger partial charge on any atom is -0.497 e. The smallest absolute Gasteiger partial charge is 0.246 e. The molecule has 176 valence electrons. The third kappa shape index (κ3) is 5.34. The first-order chi connectivity index (χ1) is 16.1. The van der Waals surface area contributed by atoms with Crippen molar-refractivity contribution in [2.75, 3.05) is 60.7 Å². The first-order valence-corrected chi connectivity index (χ1v) is 11.0. The van der Waals surface area contributed by atoms with Gasteiger partial charge in [0.2, 0.25) is 11.7 Å². The van der Waals surface area contributed by atoms with Crippen LogP contribution in [0.25, 0.3) is 6.08 Å². The zero-order valence-corrected chi connectivity index (χ0v) is 19.3. The molecule has 1 amide bonds. The maximum absolute atomic E-state index is 12.8. The Morgan fingerprint density at radius 2 is 1.70 bits per heavy atom. The molecule has 2 heterocycles. The molecule has 2 aromatic carbocycles. The topological polar surface area (TPSA) is 69.7 Å². The number of carbonyl (C=O) groups is 1. The van der Waals surface area contributed by atoms with Gasteiger partial charge in [0.15, 0.2) is 11.5 Å². The van der Waals surface area contributed by atoms with Crippen LogP contribution < -0.4 is 23.7 Å². The number of rotatable bonds is 7. The lowest BCUT2D eigenvalue weighted by Gasteiger charge is -2.34. The number of methoxy groups -OCH3 is 3. The molecular weight excluding hydrogens is 424 g/mol. The van der Waals surface area contributed by atoms with Crippen LogP contribution in [0.2, 0.25) is 0 Å². The number of fused-ring (bicyclic) bond motifs is 1. The van der Waals surface area contributed by atoms with E-state index in [2.05, 4.69) is 4.90 Å². The molecule has 8 nitrogen and oxygen atoms in total. The van der Waals surface area contributed by atoms with Crippen LogP contribution in [0, 0.1) is 0 Å². The van der Waals surface area contributed by atoms with E-state index in [1.165, 1.54) is 0 Å². The van der Waals surface area contributed by atoms with Crippen molar-refractivity contribution in [2.45, 2.75) is 6.54 Å². The second-order valence-electron chi connectivity index (χ2n) is 7.86. The Hall–Kier alpha value is -3.39. The molecule has 2 aromatic rings. The Morgan fingerprint density at radius 1 is 0.939 bits per heavy atom. The van der Waals surface area contributed by atoms with E-state index in [-0.39, 0.29) is 5.91 Å². The summed E-state index contributed by atoms with van der Waals surface area (Å²) in [5, 5.41) is 0. The van der Waals surface area contributed by atoms with E-state index in [9.17, 15) is 4.79 Å². The van der Waals surface area contributed by atoms with Crippen molar-refractivity contribution in [3.63, 3.8) is 0 Å². The first-order valence-electron chi connectivity index (χ1n) is 11.0. The second kappa shape index (κ2) is 10.5. The van der Waals surface area contributed by atoms with E-state index in [0.717, 1.165) is 42.3 Å². The average Bonchev–Trinajstić information content (AvgIpc) is 2.87. The van der Waals surface area contributed by atoms with Crippen LogP contribution in [-0.2, 0) is 11.3 Å². The van der Waals surface area contributed by atoms with Crippen LogP contribution in [0.4, 0.5) is 0 Å². The summed E-state index contributed by atoms with van der Waals surface area (Å²) in [5.41, 5.74) is 1.90. The van der Waals surface area contributed by atoms with Crippen LogP contribution in [0.3, 0.4) is 0 Å². The maximum atomic E-state index is 12.8. The fourth-order valence-corrected chi connectivity index (χ4v) is 4.04. The van der Waals surface area contributed by atoms with Gasteiger partial charge in [-0.15, -0.1) is 0 Å². The van der Waals surface area contributed by atoms with Gasteiger partial charge in [0, 0.05) is 44.4 Å². The lowest BCUT2D eigenvalue weighted by atomic mass is 10.1. The number of amides is 1. The molecule has 0 aromatic heterocycles. The highest BCUT2D eigenvalue weighted by molar-refractivity contribution is 5.92. The number of nitrogens with zero attached hydrogens (tertiary/aromatic N) is 2. The van der Waals surface area contributed by atoms with Crippen LogP contribution in [0.1, 0.15) is 11.1 Å². The molecule has 0 unspecified atom stereocenters. The van der Waals surface area contributed by atoms with Crippen molar-refractivity contribution in [2.24, 2.45) is 0 Å². The van der Waals surface area contributed by atoms with E-state index >= 15 is 0 Å². The minimum absolute atomic E-state index is 0.0116. The molecular formula is C25H30N2O6. The van der Waals surface area contributed by atoms with Gasteiger partial charge in [-0.3, -0.25) is 9.69 Å². The van der Waals surface area contributed by atoms with Gasteiger partial charge in [-0.05, 0) is 42.0 Å². The van der Waals surface area contributed by atoms with Crippen LogP contribution in [0.5, 0.6) is 28.7 Å². The standard InChI is InChI=1S/C25H30N2O6/c1-29-20-5-6-21(30-2)19(16-20)17-26-8-10-27(11-9-26)24(28)7-4-18-14-22(31-3)25-23(15-18)32-12-13-33-25/h4-7,14-16H,8-13,17H2,1-3H3. The van der Waals surface area contributed by atoms with Crippen molar-refractivity contribution in [3.8, 4) is 28.7 Å². The van der Waals surface area contributed by atoms with Crippen molar-refractivity contribution >= 4 is 12.0 Å². The Balaban J connectivity index is 1.35. The highest BCUT2D eigenvalue weighted by atomic mass is 16.6. The summed E-state index contributed by atoms with van der Waals surface area (Å²) in [5.74, 6) is 3.47. The Bertz CT molecular complexity index is 997. The van der Waals surface area contributed by atoms with E-state index in [0.29, 0.717) is 43.6 Å². The van der Waals surface area contributed by atoms with Gasteiger partial charge in [0.25, 0.3) is 0 Å². The number of hydrogen-bond acceptors (Lipinski definition) is 7. The zero-order chi connectivity index (χ0) is 23.2. The first kappa shape index (κ1) is 22.8. The lowest BCUT2D eigenvalue weighted by Crippen LogP contribution is -2.47. The number of piperazine rings is 1. The number of ether oxygens (including phenoxy) is 5. The van der Waals surface area contributed by atoms with Gasteiger partial charge in [-0.2, -0.15) is 0 Å². The summed E-state index contributed by atoms with van der Waals surface area (Å²) in [4.78, 5) is 16.9. The normalized spacial score (nSPS) is 16.0. The summed E-state index contributed by atoms with van der Waals surface area (Å²) in [6.45, 7) is 4.65. The average molecular weight is 455 g/mol. The summed E-state index contributed by atoms with van der Waals surface area (Å²) in [7, 11) is 4.92. The maximum Gasteiger partial charge on any atom is 0.246 e. The third-order valence-electron chi connectivity index (χ3n) is 5.83. The van der Waals surface area contributed by atoms with E-state index in [1.54, 1.807) is 33.5 Å². The summed E-state index contributed by atoms with van der Waals surface area (Å²) in [6.07, 6.45) is 3.39. The molecule has 1 saturated heterocycles. The van der Waals surface area contributed by atoms with E-state index in [1.807, 2.05) is 35.2 Å². The van der Waals surface area contributed by atoms with Crippen LogP contribution >= 0.6 is 0 Å². The summed E-state index contributed by atoms with van der Waals surface area (Å²) in [6, 6.07) is 9.52. The number of carbonyl (C=O) groups excluding carboxylic acids is 1. The predicted molar refractivity (Wildman–Crippen MR) is 124 cm³/mol. The molecule has 0 bridgehead atoms. The molecule has 0 aliphatic carbocycles. The largest absolute Gasteiger partial charge is 0.497 e. The van der Waals surface area contributed by atoms with E-state index < -0.39 is 0 Å². The summed E-state index contributed by atoms with van der Waals surface area (Å²) < 4.78 is 27.5. The monoisotopic (exact) mass is 454 g/mol. The lowest BCUT2D eigenvalue weighted by molar-refractivity contribution is -0.127. The molecule has 33 heavy (non-hydrogen) atoms. The van der Waals surface area contributed by atoms with Crippen molar-refractivity contribution in [3.05, 3.63) is 47.5 Å². The van der Waals surface area contributed by atoms with Gasteiger partial charge in [0.05, 0.1) is 21.3 Å². The van der Waals surface area contributed by atoms with Crippen molar-refractivity contribution < 1.29 is 28.5 Å². The quantitative estimate of drug-likeness (QED) is 0.596. The molecule has 0 atom stereocenters. The van der Waals surface area contributed by atoms with Gasteiger partial charge in [-0.1, -0.05) is 0 Å². The predicted octanol–water partition coefficient (Wildman–Crippen LogP) is 2.84. The molecule has 0 N–H and O–H groups in total. The summed E-state index contributed by atoms with van der Waals surface area (Å²) >= 11 is 0. The van der Waals surface area contributed by atoms with Gasteiger partial charge >= 0.3 is 0 Å². The molecule has 0 radical (unpaired) electrons. The Labute approximate surface area is 194 Å². The highest BCUT2D eigenvalue weighted by Gasteiger charge is 2.21. The number of benzene rings is 2. The fourth-order valence-electron chi connectivity index (χ4n) is 4.04. The molecule has 1 fully saturated rings. The third-order valence-corrected chi connectivity index (χ3v) is 5.83. The Morgan fingerprint density at radius 3 is 2.42 bits per heavy atom. The minimum atomic E-state index is -0.0116. The highest BCUT2D eigenvalue weighted by Crippen LogP contribution is 2.40. The Kier molecular flexibility index (Phi) is 7.24. The number of hydrogen-bond donors (Lipinski definition) is 0. The molecule has 4 rings (SSSR count). The zero-order valence-electron chi connectivity index (χ0n) is 19.3. The van der Waals surface area contributed by atoms with Gasteiger partial charge < -0.3 is 28.6 Å². The molecule has 0 saturated carbocycles. The SMILES string of the molecule is COc1ccc(OC)c(CN2CCN(C(=O)C=Cc3cc(OC)c4c(c3)OCCO4)CC2)c1. The van der Waals surface area contributed by atoms with Crippen molar-refractivity contribution in [1.82, 2.24) is 9.80 Å². The van der Waals surface area contributed by atoms with Gasteiger partial charge in [-0.25, -0.2) is 0 Å². The van der Waals surface area contributed by atoms with E-state index in [4.69, 9.17) is 23.7 Å².